The highest BCUT2D eigenvalue weighted by molar-refractivity contribution is 6.58. The Morgan fingerprint density at radius 3 is 0.830 bits per heavy atom. The first-order valence-corrected chi connectivity index (χ1v) is 34.2. The maximum Gasteiger partial charge on any atom is 0.488 e. The van der Waals surface area contributed by atoms with E-state index < -0.39 is 7.12 Å². The van der Waals surface area contributed by atoms with Gasteiger partial charge in [-0.25, -0.2) is 39.6 Å². The van der Waals surface area contributed by atoms with Crippen molar-refractivity contribution in [3.63, 3.8) is 0 Å². The van der Waals surface area contributed by atoms with Gasteiger partial charge in [-0.1, -0.05) is 322 Å². The summed E-state index contributed by atoms with van der Waals surface area (Å²) in [5.41, 5.74) is 13.9. The first-order valence-electron chi connectivity index (χ1n) is 33.9. The van der Waals surface area contributed by atoms with Crippen LogP contribution in [0.1, 0.15) is 7.43 Å². The molecule has 0 saturated carbocycles. The maximum atomic E-state index is 8.67. The lowest BCUT2D eigenvalue weighted by molar-refractivity contribution is 0.426. The number of fused-ring (bicyclic) bond motifs is 10. The van der Waals surface area contributed by atoms with Crippen LogP contribution in [0.5, 0.6) is 0 Å². The van der Waals surface area contributed by atoms with Gasteiger partial charge in [-0.3, -0.25) is 0 Å². The van der Waals surface area contributed by atoms with Crippen molar-refractivity contribution in [2.45, 2.75) is 7.43 Å². The SMILES string of the molecule is C.Clc1cc2c3ccccc3c(-c3cccc(-c4nc(-c5ccccc5)nc(-c5ccccc5)n4)c3)cc2c2ccccc12.[B].[C-]#[N+]c1ccc(-c2cc3c4ccccc4c(-c4cccc(-c5nc(-c6ccccc6)nc(-c6ccccc6)n5)c4)cc3c3ccccc23)cc1.[C-]#[N+]c1ccc(B(O)O)cc1. The van der Waals surface area contributed by atoms with Gasteiger partial charge < -0.3 is 10.0 Å². The summed E-state index contributed by atoms with van der Waals surface area (Å²) >= 11 is 6.78. The quantitative estimate of drug-likeness (QED) is 0.0788. The summed E-state index contributed by atoms with van der Waals surface area (Å²) in [6.07, 6.45) is 0. The van der Waals surface area contributed by atoms with Crippen molar-refractivity contribution in [2.75, 3.05) is 0 Å². The molecule has 10 nitrogen and oxygen atoms in total. The monoisotopic (exact) mass is 1380 g/mol. The minimum Gasteiger partial charge on any atom is -0.423 e. The molecule has 16 aromatic carbocycles. The van der Waals surface area contributed by atoms with Gasteiger partial charge in [0.1, 0.15) is 0 Å². The third kappa shape index (κ3) is 14.1. The molecule has 18 rings (SSSR count). The van der Waals surface area contributed by atoms with Gasteiger partial charge in [0.15, 0.2) is 46.3 Å². The fourth-order valence-corrected chi connectivity index (χ4v) is 13.8. The lowest BCUT2D eigenvalue weighted by atomic mass is 9.80. The molecule has 0 saturated heterocycles. The van der Waals surface area contributed by atoms with E-state index >= 15 is 0 Å². The Balaban J connectivity index is 0.000000154. The molecule has 2 aromatic heterocycles. The standard InChI is InChI=1S/C46H28N4.C39H24ClN3.C7H6BNO2.CH4.B/c1-47-35-25-23-30(24-26-35)40-28-42-39-22-11-9-20-37(39)41(29-43(42)38-21-10-8-19-36(38)40)33-17-12-18-34(27-33)46-49-44(31-13-4-2-5-14-31)48-45(50-46)32-15-6-3-7-16-32;40-36-24-35-30-19-8-7-18-29(30)33(23-34(35)31-20-9-10-21-32(31)36)27-16-11-17-28(22-27)39-42-37(25-12-3-1-4-13-25)41-38(43-39)26-14-5-2-6-15-26;1-9-7-4-2-6(3-5-7)8(10)11;;/h2-29H;1-24H;2-5,10-11H;1H4;. The Labute approximate surface area is 621 Å². The maximum absolute atomic E-state index is 8.67. The zero-order valence-corrected chi connectivity index (χ0v) is 57.1. The molecule has 0 aliphatic rings. The number of nitrogens with zero attached hydrogens (tertiary/aromatic N) is 8. The molecule has 0 unspecified atom stereocenters. The highest BCUT2D eigenvalue weighted by atomic mass is 35.5. The molecule has 13 heteroatoms. The number of benzene rings is 16. The van der Waals surface area contributed by atoms with E-state index in [0.717, 1.165) is 87.9 Å². The summed E-state index contributed by atoms with van der Waals surface area (Å²) in [5.74, 6) is 3.84. The number of hydrogen-bond donors (Lipinski definition) is 2. The summed E-state index contributed by atoms with van der Waals surface area (Å²) in [7, 11) is -1.45. The lowest BCUT2D eigenvalue weighted by Crippen LogP contribution is -2.29. The summed E-state index contributed by atoms with van der Waals surface area (Å²) in [4.78, 5) is 36.4. The Hall–Kier alpha value is -13.6. The van der Waals surface area contributed by atoms with Gasteiger partial charge in [-0.15, -0.1) is 0 Å². The molecular formula is C93H62B2ClN8O2. The second-order valence-corrected chi connectivity index (χ2v) is 25.4. The van der Waals surface area contributed by atoms with Crippen molar-refractivity contribution in [2.24, 2.45) is 0 Å². The number of hydrogen-bond acceptors (Lipinski definition) is 8. The van der Waals surface area contributed by atoms with Crippen LogP contribution in [0.3, 0.4) is 0 Å². The van der Waals surface area contributed by atoms with Crippen molar-refractivity contribution >= 4 is 109 Å². The van der Waals surface area contributed by atoms with Crippen LogP contribution in [0, 0.1) is 13.1 Å². The molecule has 0 atom stereocenters. The van der Waals surface area contributed by atoms with Crippen molar-refractivity contribution in [3.05, 3.63) is 368 Å². The molecule has 0 bridgehead atoms. The first-order chi connectivity index (χ1) is 51.2. The van der Waals surface area contributed by atoms with E-state index in [2.05, 4.69) is 186 Å². The van der Waals surface area contributed by atoms with Gasteiger partial charge in [0.05, 0.1) is 13.1 Å². The largest absolute Gasteiger partial charge is 0.488 e. The summed E-state index contributed by atoms with van der Waals surface area (Å²) in [6.45, 7) is 14.0. The average molecular weight is 1380 g/mol. The van der Waals surface area contributed by atoms with E-state index in [1.165, 1.54) is 60.6 Å². The van der Waals surface area contributed by atoms with Crippen LogP contribution in [0.15, 0.2) is 340 Å². The fourth-order valence-electron chi connectivity index (χ4n) is 13.5. The molecule has 3 radical (unpaired) electrons. The highest BCUT2D eigenvalue weighted by Gasteiger charge is 2.20. The molecule has 0 aliphatic carbocycles. The average Bonchev–Trinajstić information content (AvgIpc) is 0.738. The Morgan fingerprint density at radius 2 is 0.500 bits per heavy atom. The van der Waals surface area contributed by atoms with Crippen LogP contribution in [0.2, 0.25) is 5.02 Å². The van der Waals surface area contributed by atoms with Gasteiger partial charge >= 0.3 is 7.12 Å². The van der Waals surface area contributed by atoms with Crippen molar-refractivity contribution in [1.82, 2.24) is 29.9 Å². The molecule has 2 heterocycles. The minimum atomic E-state index is -1.45. The van der Waals surface area contributed by atoms with Crippen molar-refractivity contribution < 1.29 is 10.0 Å². The smallest absolute Gasteiger partial charge is 0.423 e. The summed E-state index contributed by atoms with van der Waals surface area (Å²) < 4.78 is 0. The molecule has 0 fully saturated rings. The van der Waals surface area contributed by atoms with Gasteiger partial charge in [0, 0.05) is 52.2 Å². The molecule has 0 aliphatic heterocycles. The molecular weight excluding hydrogens is 1320 g/mol. The minimum absolute atomic E-state index is 0. The van der Waals surface area contributed by atoms with Crippen LogP contribution in [-0.4, -0.2) is 55.5 Å². The predicted octanol–water partition coefficient (Wildman–Crippen LogP) is 23.0. The molecule has 499 valence electrons. The van der Waals surface area contributed by atoms with Gasteiger partial charge in [0.2, 0.25) is 0 Å². The van der Waals surface area contributed by atoms with Gasteiger partial charge in [-0.2, -0.15) is 0 Å². The molecule has 0 amide bonds. The molecule has 18 aromatic rings. The number of aromatic nitrogens is 6. The van der Waals surface area contributed by atoms with Crippen molar-refractivity contribution in [1.29, 1.82) is 0 Å². The van der Waals surface area contributed by atoms with Gasteiger partial charge in [-0.05, 0) is 134 Å². The Bertz CT molecular complexity index is 6250. The van der Waals surface area contributed by atoms with Gasteiger partial charge in [0.25, 0.3) is 0 Å². The highest BCUT2D eigenvalue weighted by Crippen LogP contribution is 2.45. The second-order valence-electron chi connectivity index (χ2n) is 25.0. The van der Waals surface area contributed by atoms with Crippen LogP contribution in [0.25, 0.3) is 176 Å². The van der Waals surface area contributed by atoms with E-state index in [0.29, 0.717) is 51.8 Å². The Kier molecular flexibility index (Phi) is 20.3. The predicted molar refractivity (Wildman–Crippen MR) is 440 cm³/mol. The van der Waals surface area contributed by atoms with Crippen LogP contribution in [-0.2, 0) is 0 Å². The second kappa shape index (κ2) is 30.9. The van der Waals surface area contributed by atoms with Crippen molar-refractivity contribution in [3.8, 4) is 102 Å². The summed E-state index contributed by atoms with van der Waals surface area (Å²) in [6, 6.07) is 115. The third-order valence-electron chi connectivity index (χ3n) is 18.6. The zero-order valence-electron chi connectivity index (χ0n) is 56.3. The fraction of sp³-hybridized carbons (Fsp3) is 0.0108. The number of halogens is 1. The first kappa shape index (κ1) is 69.5. The summed E-state index contributed by atoms with van der Waals surface area (Å²) in [5, 5.41) is 32.1. The van der Waals surface area contributed by atoms with E-state index in [4.69, 9.17) is 64.7 Å². The van der Waals surface area contributed by atoms with Crippen LogP contribution in [0.4, 0.5) is 11.4 Å². The van der Waals surface area contributed by atoms with E-state index in [1.54, 1.807) is 12.1 Å². The topological polar surface area (TPSA) is 127 Å². The molecule has 0 spiro atoms. The zero-order chi connectivity index (χ0) is 70.5. The third-order valence-corrected chi connectivity index (χ3v) is 18.9. The lowest BCUT2D eigenvalue weighted by Gasteiger charge is -2.16. The van der Waals surface area contributed by atoms with E-state index in [9.17, 15) is 0 Å². The normalized spacial score (nSPS) is 10.8. The van der Waals surface area contributed by atoms with Crippen LogP contribution < -0.4 is 5.46 Å². The van der Waals surface area contributed by atoms with Crippen LogP contribution >= 0.6 is 11.6 Å². The van der Waals surface area contributed by atoms with E-state index in [-0.39, 0.29) is 15.8 Å². The van der Waals surface area contributed by atoms with E-state index in [1.807, 2.05) is 140 Å². The number of rotatable bonds is 10. The molecule has 106 heavy (non-hydrogen) atoms. The Morgan fingerprint density at radius 1 is 0.245 bits per heavy atom. The molecule has 2 N–H and O–H groups in total.